The van der Waals surface area contributed by atoms with Gasteiger partial charge in [-0.1, -0.05) is 0 Å². The first-order valence-corrected chi connectivity index (χ1v) is 8.16. The van der Waals surface area contributed by atoms with Crippen molar-refractivity contribution in [2.75, 3.05) is 13.3 Å². The number of rotatable bonds is 6. The van der Waals surface area contributed by atoms with Gasteiger partial charge in [0.15, 0.2) is 9.84 Å². The molecule has 0 bridgehead atoms. The van der Waals surface area contributed by atoms with Crippen LogP contribution in [-0.2, 0) is 9.84 Å². The summed E-state index contributed by atoms with van der Waals surface area (Å²) in [5.41, 5.74) is -0.647. The van der Waals surface area contributed by atoms with Gasteiger partial charge in [-0.3, -0.25) is 0 Å². The molecule has 1 N–H and O–H groups in total. The molecular formula is C14H20N2O3S. The van der Waals surface area contributed by atoms with Crippen LogP contribution in [0.5, 0.6) is 5.75 Å². The Bertz CT molecular complexity index is 590. The highest BCUT2D eigenvalue weighted by Gasteiger charge is 2.25. The van der Waals surface area contributed by atoms with Crippen molar-refractivity contribution in [3.8, 4) is 11.8 Å². The lowest BCUT2D eigenvalue weighted by Gasteiger charge is -2.25. The zero-order valence-electron chi connectivity index (χ0n) is 12.2. The molecule has 1 aromatic rings. The molecule has 0 radical (unpaired) electrons. The van der Waals surface area contributed by atoms with Crippen molar-refractivity contribution in [3.63, 3.8) is 0 Å². The highest BCUT2D eigenvalue weighted by atomic mass is 32.2. The van der Waals surface area contributed by atoms with Gasteiger partial charge < -0.3 is 10.1 Å². The van der Waals surface area contributed by atoms with Gasteiger partial charge in [0.05, 0.1) is 17.1 Å². The van der Waals surface area contributed by atoms with Gasteiger partial charge >= 0.3 is 0 Å². The molecule has 0 aliphatic heterocycles. The Kier molecular flexibility index (Phi) is 5.15. The van der Waals surface area contributed by atoms with Crippen molar-refractivity contribution in [1.82, 2.24) is 5.32 Å². The van der Waals surface area contributed by atoms with Crippen LogP contribution < -0.4 is 10.1 Å². The summed E-state index contributed by atoms with van der Waals surface area (Å²) in [4.78, 5) is 0.259. The van der Waals surface area contributed by atoms with Crippen molar-refractivity contribution in [1.29, 1.82) is 5.26 Å². The normalized spacial score (nSPS) is 15.9. The van der Waals surface area contributed by atoms with E-state index < -0.39 is 15.4 Å². The molecule has 2 unspecified atom stereocenters. The lowest BCUT2D eigenvalue weighted by Crippen LogP contribution is -2.41. The molecule has 6 heteroatoms. The maximum absolute atomic E-state index is 11.3. The fourth-order valence-corrected chi connectivity index (χ4v) is 2.45. The topological polar surface area (TPSA) is 79.2 Å². The fourth-order valence-electron chi connectivity index (χ4n) is 1.82. The van der Waals surface area contributed by atoms with Crippen LogP contribution in [0.1, 0.15) is 20.3 Å². The highest BCUT2D eigenvalue weighted by molar-refractivity contribution is 7.90. The SMILES string of the molecule is CNC(C)(C#N)CC(C)Oc1ccc(S(C)(=O)=O)cc1. The van der Waals surface area contributed by atoms with Crippen molar-refractivity contribution < 1.29 is 13.2 Å². The minimum Gasteiger partial charge on any atom is -0.491 e. The second-order valence-electron chi connectivity index (χ2n) is 5.07. The maximum atomic E-state index is 11.3. The van der Waals surface area contributed by atoms with E-state index in [1.165, 1.54) is 12.1 Å². The summed E-state index contributed by atoms with van der Waals surface area (Å²) in [6, 6.07) is 8.47. The van der Waals surface area contributed by atoms with Crippen LogP contribution in [0, 0.1) is 11.3 Å². The zero-order valence-corrected chi connectivity index (χ0v) is 13.0. The summed E-state index contributed by atoms with van der Waals surface area (Å²) < 4.78 is 28.4. The smallest absolute Gasteiger partial charge is 0.175 e. The standard InChI is InChI=1S/C14H20N2O3S/c1-11(9-14(2,10-15)16-3)19-12-5-7-13(8-6-12)20(4,17)18/h5-8,11,16H,9H2,1-4H3. The molecule has 0 aromatic heterocycles. The Morgan fingerprint density at radius 2 is 1.95 bits per heavy atom. The van der Waals surface area contributed by atoms with E-state index in [0.29, 0.717) is 12.2 Å². The molecule has 20 heavy (non-hydrogen) atoms. The summed E-state index contributed by atoms with van der Waals surface area (Å²) in [6.45, 7) is 3.68. The molecule has 0 saturated carbocycles. The van der Waals surface area contributed by atoms with Gasteiger partial charge in [0.2, 0.25) is 0 Å². The Morgan fingerprint density at radius 3 is 2.35 bits per heavy atom. The van der Waals surface area contributed by atoms with E-state index in [4.69, 9.17) is 10.00 Å². The van der Waals surface area contributed by atoms with Gasteiger partial charge in [-0.25, -0.2) is 8.42 Å². The molecular weight excluding hydrogens is 276 g/mol. The quantitative estimate of drug-likeness (QED) is 0.865. The number of hydrogen-bond donors (Lipinski definition) is 1. The van der Waals surface area contributed by atoms with Gasteiger partial charge in [0.25, 0.3) is 0 Å². The molecule has 5 nitrogen and oxygen atoms in total. The molecule has 0 amide bonds. The fraction of sp³-hybridized carbons (Fsp3) is 0.500. The third kappa shape index (κ3) is 4.51. The molecule has 0 saturated heterocycles. The van der Waals surface area contributed by atoms with Crippen LogP contribution in [0.3, 0.4) is 0 Å². The Balaban J connectivity index is 2.73. The second kappa shape index (κ2) is 6.25. The molecule has 0 aliphatic rings. The van der Waals surface area contributed by atoms with E-state index >= 15 is 0 Å². The van der Waals surface area contributed by atoms with Crippen LogP contribution in [0.15, 0.2) is 29.2 Å². The lowest BCUT2D eigenvalue weighted by atomic mass is 9.97. The summed E-state index contributed by atoms with van der Waals surface area (Å²) in [7, 11) is -1.46. The highest BCUT2D eigenvalue weighted by Crippen LogP contribution is 2.20. The van der Waals surface area contributed by atoms with Crippen molar-refractivity contribution >= 4 is 9.84 Å². The molecule has 0 aliphatic carbocycles. The number of hydrogen-bond acceptors (Lipinski definition) is 5. The number of nitrogens with one attached hydrogen (secondary N) is 1. The summed E-state index contributed by atoms with van der Waals surface area (Å²) >= 11 is 0. The Hall–Kier alpha value is -1.58. The van der Waals surface area contributed by atoms with Crippen LogP contribution >= 0.6 is 0 Å². The van der Waals surface area contributed by atoms with Crippen LogP contribution in [0.2, 0.25) is 0 Å². The van der Waals surface area contributed by atoms with Crippen molar-refractivity contribution in [2.24, 2.45) is 0 Å². The Morgan fingerprint density at radius 1 is 1.40 bits per heavy atom. The van der Waals surface area contributed by atoms with E-state index in [1.807, 2.05) is 6.92 Å². The predicted molar refractivity (Wildman–Crippen MR) is 77.3 cm³/mol. The average Bonchev–Trinajstić information content (AvgIpc) is 2.38. The number of sulfone groups is 1. The minimum atomic E-state index is -3.19. The van der Waals surface area contributed by atoms with Gasteiger partial charge in [0, 0.05) is 12.7 Å². The van der Waals surface area contributed by atoms with Crippen LogP contribution in [-0.4, -0.2) is 33.4 Å². The molecule has 0 spiro atoms. The molecule has 2 atom stereocenters. The Labute approximate surface area is 120 Å². The third-order valence-corrected chi connectivity index (χ3v) is 4.21. The summed E-state index contributed by atoms with van der Waals surface area (Å²) in [6.07, 6.45) is 1.51. The molecule has 1 aromatic carbocycles. The van der Waals surface area contributed by atoms with Gasteiger partial charge in [-0.05, 0) is 45.2 Å². The van der Waals surface area contributed by atoms with E-state index in [2.05, 4.69) is 11.4 Å². The van der Waals surface area contributed by atoms with E-state index in [0.717, 1.165) is 6.26 Å². The monoisotopic (exact) mass is 296 g/mol. The van der Waals surface area contributed by atoms with Crippen LogP contribution in [0.25, 0.3) is 0 Å². The number of nitrogens with zero attached hydrogens (tertiary/aromatic N) is 1. The molecule has 0 heterocycles. The molecule has 1 rings (SSSR count). The maximum Gasteiger partial charge on any atom is 0.175 e. The average molecular weight is 296 g/mol. The first kappa shape index (κ1) is 16.5. The predicted octanol–water partition coefficient (Wildman–Crippen LogP) is 1.75. The molecule has 0 fully saturated rings. The lowest BCUT2D eigenvalue weighted by molar-refractivity contribution is 0.182. The third-order valence-electron chi connectivity index (χ3n) is 3.08. The number of ether oxygens (including phenoxy) is 1. The van der Waals surface area contributed by atoms with E-state index in [9.17, 15) is 8.42 Å². The van der Waals surface area contributed by atoms with Gasteiger partial charge in [-0.2, -0.15) is 5.26 Å². The van der Waals surface area contributed by atoms with Crippen molar-refractivity contribution in [2.45, 2.75) is 36.8 Å². The minimum absolute atomic E-state index is 0.170. The van der Waals surface area contributed by atoms with E-state index in [-0.39, 0.29) is 11.0 Å². The van der Waals surface area contributed by atoms with Gasteiger partial charge in [-0.15, -0.1) is 0 Å². The van der Waals surface area contributed by atoms with Gasteiger partial charge in [0.1, 0.15) is 11.3 Å². The number of benzene rings is 1. The number of nitriles is 1. The summed E-state index contributed by atoms with van der Waals surface area (Å²) in [5.74, 6) is 0.585. The summed E-state index contributed by atoms with van der Waals surface area (Å²) in [5, 5.41) is 12.0. The largest absolute Gasteiger partial charge is 0.491 e. The van der Waals surface area contributed by atoms with E-state index in [1.54, 1.807) is 26.1 Å². The first-order chi connectivity index (χ1) is 9.20. The zero-order chi connectivity index (χ0) is 15.4. The van der Waals surface area contributed by atoms with Crippen LogP contribution in [0.4, 0.5) is 0 Å². The molecule has 110 valence electrons. The van der Waals surface area contributed by atoms with Crippen molar-refractivity contribution in [3.05, 3.63) is 24.3 Å². The second-order valence-corrected chi connectivity index (χ2v) is 7.09. The first-order valence-electron chi connectivity index (χ1n) is 6.27.